The second-order valence-corrected chi connectivity index (χ2v) is 5.53. The molecule has 1 aliphatic rings. The third-order valence-corrected chi connectivity index (χ3v) is 3.93. The molecule has 20 heavy (non-hydrogen) atoms. The first-order chi connectivity index (χ1) is 9.65. The topological polar surface area (TPSA) is 60.9 Å². The number of nitrogens with two attached hydrogens (primary N) is 1. The molecular formula is C16H19N3O. The van der Waals surface area contributed by atoms with E-state index in [9.17, 15) is 4.79 Å². The van der Waals surface area contributed by atoms with Gasteiger partial charge in [0, 0.05) is 30.2 Å². The van der Waals surface area contributed by atoms with Crippen molar-refractivity contribution in [2.24, 2.45) is 5.73 Å². The Morgan fingerprint density at radius 1 is 1.40 bits per heavy atom. The molecule has 0 fully saturated rings. The molecule has 0 bridgehead atoms. The average Bonchev–Trinajstić information content (AvgIpc) is 2.42. The van der Waals surface area contributed by atoms with Gasteiger partial charge in [-0.1, -0.05) is 12.1 Å². The number of fused-ring (bicyclic) bond motifs is 1. The van der Waals surface area contributed by atoms with Crippen molar-refractivity contribution in [2.45, 2.75) is 38.8 Å². The van der Waals surface area contributed by atoms with Gasteiger partial charge in [0.15, 0.2) is 0 Å². The van der Waals surface area contributed by atoms with Gasteiger partial charge in [0.25, 0.3) is 5.56 Å². The van der Waals surface area contributed by atoms with Crippen LogP contribution in [0.3, 0.4) is 0 Å². The summed E-state index contributed by atoms with van der Waals surface area (Å²) in [6.07, 6.45) is 6.61. The highest BCUT2D eigenvalue weighted by Crippen LogP contribution is 2.26. The summed E-state index contributed by atoms with van der Waals surface area (Å²) in [5.74, 6) is 0. The number of nitrogens with zero attached hydrogens (tertiary/aromatic N) is 2. The fraction of sp³-hybridized carbons (Fsp3) is 0.375. The van der Waals surface area contributed by atoms with E-state index in [4.69, 9.17) is 5.73 Å². The van der Waals surface area contributed by atoms with Gasteiger partial charge in [-0.05, 0) is 42.9 Å². The zero-order valence-electron chi connectivity index (χ0n) is 11.7. The van der Waals surface area contributed by atoms with E-state index in [0.717, 1.165) is 41.6 Å². The molecule has 1 aliphatic carbocycles. The molecule has 0 radical (unpaired) electrons. The lowest BCUT2D eigenvalue weighted by Gasteiger charge is -2.25. The first-order valence-electron chi connectivity index (χ1n) is 7.04. The van der Waals surface area contributed by atoms with Crippen molar-refractivity contribution in [1.29, 1.82) is 0 Å². The maximum Gasteiger partial charge on any atom is 0.251 e. The Labute approximate surface area is 118 Å². The summed E-state index contributed by atoms with van der Waals surface area (Å²) in [6, 6.07) is 5.66. The van der Waals surface area contributed by atoms with Crippen LogP contribution in [-0.2, 0) is 13.0 Å². The zero-order chi connectivity index (χ0) is 14.1. The van der Waals surface area contributed by atoms with E-state index in [1.165, 1.54) is 0 Å². The summed E-state index contributed by atoms with van der Waals surface area (Å²) in [6.45, 7) is 2.58. The normalized spacial score (nSPS) is 17.8. The lowest BCUT2D eigenvalue weighted by molar-refractivity contribution is 0.529. The maximum atomic E-state index is 12.2. The Morgan fingerprint density at radius 3 is 3.05 bits per heavy atom. The molecule has 1 atom stereocenters. The van der Waals surface area contributed by atoms with Crippen LogP contribution in [0.15, 0.2) is 35.4 Å². The van der Waals surface area contributed by atoms with Crippen LogP contribution in [0.5, 0.6) is 0 Å². The van der Waals surface area contributed by atoms with Crippen molar-refractivity contribution in [3.8, 4) is 0 Å². The van der Waals surface area contributed by atoms with Crippen molar-refractivity contribution in [2.75, 3.05) is 0 Å². The third-order valence-electron chi connectivity index (χ3n) is 3.93. The van der Waals surface area contributed by atoms with Gasteiger partial charge in [-0.25, -0.2) is 0 Å². The van der Waals surface area contributed by atoms with Crippen molar-refractivity contribution in [3.05, 3.63) is 63.3 Å². The van der Waals surface area contributed by atoms with Gasteiger partial charge in [0.05, 0.1) is 6.54 Å². The largest absolute Gasteiger partial charge is 0.324 e. The van der Waals surface area contributed by atoms with Crippen LogP contribution in [0.4, 0.5) is 0 Å². The number of rotatable bonds is 2. The Hall–Kier alpha value is -1.94. The molecule has 0 saturated heterocycles. The monoisotopic (exact) mass is 269 g/mol. The van der Waals surface area contributed by atoms with Gasteiger partial charge in [-0.3, -0.25) is 9.78 Å². The third kappa shape index (κ3) is 2.39. The Kier molecular flexibility index (Phi) is 3.40. The molecule has 2 N–H and O–H groups in total. The van der Waals surface area contributed by atoms with E-state index in [-0.39, 0.29) is 11.6 Å². The summed E-state index contributed by atoms with van der Waals surface area (Å²) < 4.78 is 1.85. The van der Waals surface area contributed by atoms with Crippen LogP contribution in [0.1, 0.15) is 41.3 Å². The van der Waals surface area contributed by atoms with Gasteiger partial charge in [0.2, 0.25) is 0 Å². The van der Waals surface area contributed by atoms with Crippen molar-refractivity contribution < 1.29 is 0 Å². The van der Waals surface area contributed by atoms with E-state index in [0.29, 0.717) is 6.54 Å². The van der Waals surface area contributed by atoms with Crippen LogP contribution < -0.4 is 11.3 Å². The number of hydrogen-bond donors (Lipinski definition) is 1. The van der Waals surface area contributed by atoms with Crippen LogP contribution >= 0.6 is 0 Å². The molecule has 0 spiro atoms. The summed E-state index contributed by atoms with van der Waals surface area (Å²) in [5.41, 5.74) is 10.6. The fourth-order valence-electron chi connectivity index (χ4n) is 2.96. The molecule has 3 rings (SSSR count). The summed E-state index contributed by atoms with van der Waals surface area (Å²) in [4.78, 5) is 16.4. The average molecular weight is 269 g/mol. The maximum absolute atomic E-state index is 12.2. The van der Waals surface area contributed by atoms with Gasteiger partial charge in [-0.2, -0.15) is 0 Å². The first kappa shape index (κ1) is 13.1. The van der Waals surface area contributed by atoms with E-state index in [1.807, 2.05) is 30.0 Å². The molecule has 2 aromatic rings. The lowest BCUT2D eigenvalue weighted by Crippen LogP contribution is -2.29. The lowest BCUT2D eigenvalue weighted by atomic mass is 9.91. The Morgan fingerprint density at radius 2 is 2.25 bits per heavy atom. The van der Waals surface area contributed by atoms with Gasteiger partial charge in [0.1, 0.15) is 0 Å². The van der Waals surface area contributed by atoms with Crippen molar-refractivity contribution >= 4 is 0 Å². The second kappa shape index (κ2) is 5.21. The molecule has 2 heterocycles. The van der Waals surface area contributed by atoms with Gasteiger partial charge >= 0.3 is 0 Å². The molecule has 0 aliphatic heterocycles. The minimum atomic E-state index is 0.0411. The first-order valence-corrected chi connectivity index (χ1v) is 7.04. The molecule has 4 heteroatoms. The molecular weight excluding hydrogens is 250 g/mol. The minimum Gasteiger partial charge on any atom is -0.324 e. The van der Waals surface area contributed by atoms with E-state index in [1.54, 1.807) is 6.07 Å². The predicted molar refractivity (Wildman–Crippen MR) is 78.6 cm³/mol. The number of pyridine rings is 2. The SMILES string of the molecule is Cc1cncc(Cn2c3c(ccc2=O)C(N)CCC3)c1. The molecule has 0 saturated carbocycles. The van der Waals surface area contributed by atoms with E-state index < -0.39 is 0 Å². The van der Waals surface area contributed by atoms with Crippen molar-refractivity contribution in [1.82, 2.24) is 9.55 Å². The van der Waals surface area contributed by atoms with Gasteiger partial charge < -0.3 is 10.3 Å². The number of hydrogen-bond acceptors (Lipinski definition) is 3. The van der Waals surface area contributed by atoms with Crippen LogP contribution in [0, 0.1) is 6.92 Å². The fourth-order valence-corrected chi connectivity index (χ4v) is 2.96. The highest BCUT2D eigenvalue weighted by Gasteiger charge is 2.20. The van der Waals surface area contributed by atoms with E-state index >= 15 is 0 Å². The second-order valence-electron chi connectivity index (χ2n) is 5.53. The highest BCUT2D eigenvalue weighted by atomic mass is 16.1. The van der Waals surface area contributed by atoms with Crippen LogP contribution in [0.25, 0.3) is 0 Å². The minimum absolute atomic E-state index is 0.0411. The molecule has 0 amide bonds. The molecule has 4 nitrogen and oxygen atoms in total. The Balaban J connectivity index is 2.05. The Bertz CT molecular complexity index is 690. The van der Waals surface area contributed by atoms with E-state index in [2.05, 4.69) is 11.1 Å². The van der Waals surface area contributed by atoms with Crippen LogP contribution in [-0.4, -0.2) is 9.55 Å². The van der Waals surface area contributed by atoms with Crippen LogP contribution in [0.2, 0.25) is 0 Å². The zero-order valence-corrected chi connectivity index (χ0v) is 11.7. The van der Waals surface area contributed by atoms with Gasteiger partial charge in [-0.15, -0.1) is 0 Å². The summed E-state index contributed by atoms with van der Waals surface area (Å²) in [7, 11) is 0. The standard InChI is InChI=1S/C16H19N3O/c1-11-7-12(9-18-8-11)10-19-15-4-2-3-14(17)13(15)5-6-16(19)20/h5-9,14H,2-4,10,17H2,1H3. The quantitative estimate of drug-likeness (QED) is 0.906. The molecule has 0 aromatic carbocycles. The number of aromatic nitrogens is 2. The smallest absolute Gasteiger partial charge is 0.251 e. The molecule has 2 aromatic heterocycles. The molecule has 104 valence electrons. The number of aryl methyl sites for hydroxylation is 1. The summed E-state index contributed by atoms with van der Waals surface area (Å²) >= 11 is 0. The molecule has 1 unspecified atom stereocenters. The highest BCUT2D eigenvalue weighted by molar-refractivity contribution is 5.28. The predicted octanol–water partition coefficient (Wildman–Crippen LogP) is 1.94. The van der Waals surface area contributed by atoms with Crippen molar-refractivity contribution in [3.63, 3.8) is 0 Å². The summed E-state index contributed by atoms with van der Waals surface area (Å²) in [5, 5.41) is 0.